The molecule has 33 heavy (non-hydrogen) atoms. The first-order valence-electron chi connectivity index (χ1n) is 11.2. The van der Waals surface area contributed by atoms with Crippen LogP contribution in [-0.4, -0.2) is 32.7 Å². The molecule has 1 aliphatic rings. The van der Waals surface area contributed by atoms with Gasteiger partial charge in [-0.15, -0.1) is 0 Å². The number of anilines is 1. The lowest BCUT2D eigenvalue weighted by atomic mass is 10.0. The van der Waals surface area contributed by atoms with Gasteiger partial charge in [-0.25, -0.2) is 4.68 Å². The third-order valence-corrected chi connectivity index (χ3v) is 6.35. The van der Waals surface area contributed by atoms with Gasteiger partial charge in [-0.05, 0) is 55.3 Å². The molecule has 0 unspecified atom stereocenters. The molecule has 164 valence electrons. The number of nitrogens with zero attached hydrogens (tertiary/aromatic N) is 5. The highest BCUT2D eigenvalue weighted by atomic mass is 16.3. The van der Waals surface area contributed by atoms with Crippen LogP contribution in [0, 0.1) is 0 Å². The molecule has 0 aliphatic carbocycles. The molecule has 2 aromatic carbocycles. The van der Waals surface area contributed by atoms with Crippen molar-refractivity contribution >= 4 is 16.7 Å². The van der Waals surface area contributed by atoms with Gasteiger partial charge in [0.15, 0.2) is 5.69 Å². The first-order chi connectivity index (χ1) is 16.3. The van der Waals surface area contributed by atoms with E-state index in [9.17, 15) is 4.79 Å². The number of piperidine rings is 1. The summed E-state index contributed by atoms with van der Waals surface area (Å²) >= 11 is 0. The summed E-state index contributed by atoms with van der Waals surface area (Å²) in [5.74, 6) is 0. The van der Waals surface area contributed by atoms with E-state index in [1.807, 2.05) is 59.4 Å². The van der Waals surface area contributed by atoms with Crippen LogP contribution >= 0.6 is 0 Å². The maximum Gasteiger partial charge on any atom is 0.209 e. The molecule has 0 N–H and O–H groups in total. The van der Waals surface area contributed by atoms with E-state index in [0.717, 1.165) is 42.6 Å². The van der Waals surface area contributed by atoms with Crippen molar-refractivity contribution < 1.29 is 4.42 Å². The van der Waals surface area contributed by atoms with E-state index in [1.165, 1.54) is 5.69 Å². The monoisotopic (exact) mass is 437 g/mol. The fourth-order valence-electron chi connectivity index (χ4n) is 4.60. The Bertz CT molecular complexity index is 1460. The second-order valence-electron chi connectivity index (χ2n) is 8.33. The quantitative estimate of drug-likeness (QED) is 0.408. The van der Waals surface area contributed by atoms with Crippen molar-refractivity contribution in [1.29, 1.82) is 0 Å². The molecule has 6 rings (SSSR count). The third-order valence-electron chi connectivity index (χ3n) is 6.35. The van der Waals surface area contributed by atoms with Crippen LogP contribution in [0.4, 0.5) is 5.69 Å². The summed E-state index contributed by atoms with van der Waals surface area (Å²) in [5.41, 5.74) is 4.04. The topological polar surface area (TPSA) is 69.1 Å². The Hall–Kier alpha value is -4.13. The maximum atomic E-state index is 12.7. The Morgan fingerprint density at radius 2 is 1.76 bits per heavy atom. The smallest absolute Gasteiger partial charge is 0.209 e. The van der Waals surface area contributed by atoms with Crippen LogP contribution < -0.4 is 10.3 Å². The summed E-state index contributed by atoms with van der Waals surface area (Å²) in [6.07, 6.45) is 7.15. The minimum atomic E-state index is -0.102. The zero-order valence-corrected chi connectivity index (χ0v) is 18.0. The predicted octanol–water partition coefficient (Wildman–Crippen LogP) is 4.68. The van der Waals surface area contributed by atoms with Crippen LogP contribution in [0.15, 0.2) is 94.6 Å². The Morgan fingerprint density at radius 3 is 2.61 bits per heavy atom. The molecule has 7 heteroatoms. The molecule has 1 fully saturated rings. The highest BCUT2D eigenvalue weighted by molar-refractivity contribution is 5.81. The highest BCUT2D eigenvalue weighted by Gasteiger charge is 2.22. The van der Waals surface area contributed by atoms with Crippen LogP contribution in [0.3, 0.4) is 0 Å². The zero-order valence-electron chi connectivity index (χ0n) is 18.0. The molecular weight excluding hydrogens is 414 g/mol. The molecule has 5 aromatic rings. The molecule has 4 heterocycles. The number of hydrogen-bond donors (Lipinski definition) is 0. The molecular formula is C26H23N5O2. The Kier molecular flexibility index (Phi) is 4.79. The van der Waals surface area contributed by atoms with Gasteiger partial charge in [-0.1, -0.05) is 18.2 Å². The molecule has 0 radical (unpaired) electrons. The predicted molar refractivity (Wildman–Crippen MR) is 128 cm³/mol. The lowest BCUT2D eigenvalue weighted by Crippen LogP contribution is -2.35. The lowest BCUT2D eigenvalue weighted by molar-refractivity contribution is 0.362. The van der Waals surface area contributed by atoms with Crippen molar-refractivity contribution in [3.8, 4) is 17.1 Å². The molecule has 3 aromatic heterocycles. The van der Waals surface area contributed by atoms with Crippen molar-refractivity contribution in [1.82, 2.24) is 19.6 Å². The fraction of sp³-hybridized carbons (Fsp3) is 0.192. The van der Waals surface area contributed by atoms with Crippen molar-refractivity contribution in [2.75, 3.05) is 18.0 Å². The summed E-state index contributed by atoms with van der Waals surface area (Å²) in [6, 6.07) is 21.8. The van der Waals surface area contributed by atoms with Gasteiger partial charge in [0.25, 0.3) is 0 Å². The van der Waals surface area contributed by atoms with Crippen molar-refractivity contribution in [3.63, 3.8) is 0 Å². The van der Waals surface area contributed by atoms with E-state index in [-0.39, 0.29) is 11.5 Å². The number of rotatable bonds is 4. The van der Waals surface area contributed by atoms with E-state index in [4.69, 9.17) is 9.52 Å². The molecule has 0 atom stereocenters. The van der Waals surface area contributed by atoms with Gasteiger partial charge < -0.3 is 9.32 Å². The van der Waals surface area contributed by atoms with E-state index in [1.54, 1.807) is 23.2 Å². The van der Waals surface area contributed by atoms with E-state index in [0.29, 0.717) is 11.4 Å². The van der Waals surface area contributed by atoms with Gasteiger partial charge in [0, 0.05) is 36.4 Å². The van der Waals surface area contributed by atoms with E-state index >= 15 is 0 Å². The molecule has 1 saturated heterocycles. The first-order valence-corrected chi connectivity index (χ1v) is 11.2. The number of fused-ring (bicyclic) bond motifs is 1. The zero-order chi connectivity index (χ0) is 22.2. The Morgan fingerprint density at radius 1 is 0.909 bits per heavy atom. The highest BCUT2D eigenvalue weighted by Crippen LogP contribution is 2.29. The summed E-state index contributed by atoms with van der Waals surface area (Å²) < 4.78 is 9.18. The minimum Gasteiger partial charge on any atom is -0.464 e. The lowest BCUT2D eigenvalue weighted by Gasteiger charge is -2.34. The Balaban J connectivity index is 1.24. The van der Waals surface area contributed by atoms with Crippen LogP contribution in [0.1, 0.15) is 18.9 Å². The summed E-state index contributed by atoms with van der Waals surface area (Å²) in [4.78, 5) is 15.1. The van der Waals surface area contributed by atoms with Crippen molar-refractivity contribution in [2.45, 2.75) is 18.9 Å². The van der Waals surface area contributed by atoms with Gasteiger partial charge in [0.1, 0.15) is 5.58 Å². The molecule has 0 bridgehead atoms. The summed E-state index contributed by atoms with van der Waals surface area (Å²) in [6.45, 7) is 1.86. The summed E-state index contributed by atoms with van der Waals surface area (Å²) in [7, 11) is 0. The van der Waals surface area contributed by atoms with Gasteiger partial charge in [0.05, 0.1) is 29.9 Å². The van der Waals surface area contributed by atoms with Gasteiger partial charge >= 0.3 is 0 Å². The molecule has 0 saturated carbocycles. The van der Waals surface area contributed by atoms with Crippen LogP contribution in [0.5, 0.6) is 0 Å². The number of hydrogen-bond acceptors (Lipinski definition) is 5. The molecule has 7 nitrogen and oxygen atoms in total. The maximum absolute atomic E-state index is 12.7. The number of para-hydroxylation sites is 1. The SMILES string of the molecule is O=c1ccn(C2CCN(c3ccc4occc4c3)CC2)nc1-c1ccnn1-c1ccccc1. The average molecular weight is 438 g/mol. The van der Waals surface area contributed by atoms with Gasteiger partial charge in [0.2, 0.25) is 5.43 Å². The van der Waals surface area contributed by atoms with Crippen LogP contribution in [-0.2, 0) is 0 Å². The van der Waals surface area contributed by atoms with E-state index in [2.05, 4.69) is 22.1 Å². The largest absolute Gasteiger partial charge is 0.464 e. The van der Waals surface area contributed by atoms with Crippen molar-refractivity contribution in [3.05, 3.63) is 95.6 Å². The Labute approximate surface area is 190 Å². The minimum absolute atomic E-state index is 0.102. The van der Waals surface area contributed by atoms with Crippen LogP contribution in [0.25, 0.3) is 28.0 Å². The average Bonchev–Trinajstić information content (AvgIpc) is 3.54. The van der Waals surface area contributed by atoms with Gasteiger partial charge in [-0.2, -0.15) is 10.2 Å². The standard InChI is InChI=1S/C26H23N5O2/c32-24-11-16-30(28-26(24)23-8-13-27-31(23)21-4-2-1-3-5-21)20-9-14-29(15-10-20)22-6-7-25-19(18-22)12-17-33-25/h1-8,11-13,16-18,20H,9-10,14-15H2. The van der Waals surface area contributed by atoms with Crippen molar-refractivity contribution in [2.24, 2.45) is 0 Å². The summed E-state index contributed by atoms with van der Waals surface area (Å²) in [5, 5.41) is 10.3. The molecule has 1 aliphatic heterocycles. The fourth-order valence-corrected chi connectivity index (χ4v) is 4.60. The van der Waals surface area contributed by atoms with Crippen LogP contribution in [0.2, 0.25) is 0 Å². The number of aromatic nitrogens is 4. The second-order valence-corrected chi connectivity index (χ2v) is 8.33. The van der Waals surface area contributed by atoms with E-state index < -0.39 is 0 Å². The third kappa shape index (κ3) is 3.61. The normalized spacial score (nSPS) is 14.7. The number of furan rings is 1. The van der Waals surface area contributed by atoms with Gasteiger partial charge in [-0.3, -0.25) is 9.48 Å². The second kappa shape index (κ2) is 8.09. The molecule has 0 spiro atoms. The number of benzene rings is 2. The first kappa shape index (κ1) is 19.5. The molecule has 0 amide bonds.